The van der Waals surface area contributed by atoms with Gasteiger partial charge in [0.05, 0.1) is 6.26 Å². The zero-order valence-electron chi connectivity index (χ0n) is 31.0. The van der Waals surface area contributed by atoms with E-state index in [-0.39, 0.29) is 36.9 Å². The van der Waals surface area contributed by atoms with Crippen LogP contribution in [0.1, 0.15) is 67.4 Å². The summed E-state index contributed by atoms with van der Waals surface area (Å²) in [5, 5.41) is 10.8. The predicted octanol–water partition coefficient (Wildman–Crippen LogP) is 2.99. The van der Waals surface area contributed by atoms with Crippen molar-refractivity contribution in [3.8, 4) is 0 Å². The lowest BCUT2D eigenvalue weighted by Crippen LogP contribution is -2.62. The van der Waals surface area contributed by atoms with Gasteiger partial charge in [0.1, 0.15) is 18.1 Å². The minimum absolute atomic E-state index is 0.00366. The van der Waals surface area contributed by atoms with Crippen LogP contribution in [0.4, 0.5) is 13.6 Å². The summed E-state index contributed by atoms with van der Waals surface area (Å²) in [6, 6.07) is 4.36. The number of nitrogens with zero attached hydrogens (tertiary/aromatic N) is 2. The molecule has 282 valence electrons. The van der Waals surface area contributed by atoms with Crippen molar-refractivity contribution in [2.75, 3.05) is 32.9 Å². The number of amides is 5. The molecule has 1 aromatic carbocycles. The highest BCUT2D eigenvalue weighted by atomic mass is 32.2. The number of alkyl halides is 2. The summed E-state index contributed by atoms with van der Waals surface area (Å²) in [4.78, 5) is 56.1. The second-order valence-electron chi connectivity index (χ2n) is 16.5. The largest absolute Gasteiger partial charge is 0.354 e. The number of carbonyl (C=O) groups is 4. The van der Waals surface area contributed by atoms with E-state index in [0.29, 0.717) is 6.42 Å². The Bertz CT molecular complexity index is 1490. The number of likely N-dealkylation sites (N-methyl/N-ethyl adjacent to an activating group) is 1. The van der Waals surface area contributed by atoms with Crippen molar-refractivity contribution in [2.45, 2.75) is 98.8 Å². The standard InChI is InChI=1S/C35H56F2N6O6S/c1-33(2,3)24(20-42(9)50(10,48)49)40-32(47)41-28(34(4,5)6)31(46)43-19-22-26(35(22,7)8)27(43)30(45)39-23(18-25(36)37)29(44)38-17-16-21-14-12-11-13-15-21/h11-15,22-28H,16-20H2,1-10H3,(H,38,44)(H,39,45)(H2,40,41,47)/t22-,23-,24+,26-,27-,28+/m0/s1. The Morgan fingerprint density at radius 3 is 2.10 bits per heavy atom. The van der Waals surface area contributed by atoms with Gasteiger partial charge in [-0.15, -0.1) is 0 Å². The topological polar surface area (TPSA) is 157 Å². The number of hydrogen-bond donors (Lipinski definition) is 4. The number of urea groups is 1. The van der Waals surface area contributed by atoms with Crippen molar-refractivity contribution in [3.63, 3.8) is 0 Å². The molecule has 3 rings (SSSR count). The molecule has 0 aromatic heterocycles. The molecule has 1 saturated carbocycles. The van der Waals surface area contributed by atoms with Gasteiger partial charge < -0.3 is 26.2 Å². The summed E-state index contributed by atoms with van der Waals surface area (Å²) in [5.74, 6) is -2.27. The van der Waals surface area contributed by atoms with E-state index in [1.807, 2.05) is 65.0 Å². The van der Waals surface area contributed by atoms with Gasteiger partial charge in [0.15, 0.2) is 0 Å². The van der Waals surface area contributed by atoms with Gasteiger partial charge in [-0.05, 0) is 40.1 Å². The molecule has 1 aromatic rings. The Balaban J connectivity index is 1.80. The van der Waals surface area contributed by atoms with E-state index >= 15 is 0 Å². The summed E-state index contributed by atoms with van der Waals surface area (Å²) < 4.78 is 52.6. The molecule has 1 aliphatic heterocycles. The van der Waals surface area contributed by atoms with E-state index in [1.54, 1.807) is 20.8 Å². The van der Waals surface area contributed by atoms with Crippen LogP contribution >= 0.6 is 0 Å². The molecule has 15 heteroatoms. The second kappa shape index (κ2) is 15.5. The van der Waals surface area contributed by atoms with E-state index in [4.69, 9.17) is 0 Å². The molecular weight excluding hydrogens is 670 g/mol. The number of likely N-dealkylation sites (tertiary alicyclic amines) is 1. The molecule has 12 nitrogen and oxygen atoms in total. The Morgan fingerprint density at radius 1 is 0.980 bits per heavy atom. The van der Waals surface area contributed by atoms with E-state index in [1.165, 1.54) is 11.9 Å². The van der Waals surface area contributed by atoms with E-state index in [2.05, 4.69) is 21.3 Å². The van der Waals surface area contributed by atoms with Crippen LogP contribution in [0.2, 0.25) is 0 Å². The Kier molecular flexibility index (Phi) is 12.7. The van der Waals surface area contributed by atoms with E-state index in [0.717, 1.165) is 16.1 Å². The van der Waals surface area contributed by atoms with Gasteiger partial charge in [0.25, 0.3) is 0 Å². The first-order chi connectivity index (χ1) is 22.9. The number of nitrogens with one attached hydrogen (secondary N) is 4. The van der Waals surface area contributed by atoms with Crippen LogP contribution in [0.25, 0.3) is 0 Å². The monoisotopic (exact) mass is 726 g/mol. The summed E-state index contributed by atoms with van der Waals surface area (Å²) in [6.07, 6.45) is -2.21. The SMILES string of the molecule is CN(C[C@@H](NC(=O)N[C@H](C(=O)N1C[C@H]2[C@@H]([C@H]1C(=O)N[C@@H](CC(F)F)C(=O)NCCc1ccccc1)C2(C)C)C(C)(C)C)C(C)(C)C)S(C)(=O)=O. The molecule has 5 amide bonds. The molecule has 0 unspecified atom stereocenters. The maximum atomic E-state index is 14.3. The molecule has 1 aliphatic carbocycles. The first-order valence-electron chi connectivity index (χ1n) is 17.0. The van der Waals surface area contributed by atoms with Crippen molar-refractivity contribution < 1.29 is 36.4 Å². The maximum absolute atomic E-state index is 14.3. The van der Waals surface area contributed by atoms with Crippen LogP contribution in [-0.2, 0) is 30.8 Å². The number of fused-ring (bicyclic) bond motifs is 1. The molecule has 2 aliphatic rings. The highest BCUT2D eigenvalue weighted by Gasteiger charge is 2.70. The first-order valence-corrected chi connectivity index (χ1v) is 18.9. The van der Waals surface area contributed by atoms with Crippen LogP contribution in [0.3, 0.4) is 0 Å². The molecule has 0 radical (unpaired) electrons. The lowest BCUT2D eigenvalue weighted by molar-refractivity contribution is -0.144. The van der Waals surface area contributed by atoms with Crippen LogP contribution in [0.15, 0.2) is 30.3 Å². The fourth-order valence-corrected chi connectivity index (χ4v) is 7.07. The first kappa shape index (κ1) is 41.1. The Morgan fingerprint density at radius 2 is 1.58 bits per heavy atom. The van der Waals surface area contributed by atoms with Crippen LogP contribution in [-0.4, -0.2) is 105 Å². The summed E-state index contributed by atoms with van der Waals surface area (Å²) in [6.45, 7) is 15.2. The molecule has 50 heavy (non-hydrogen) atoms. The van der Waals surface area contributed by atoms with Crippen molar-refractivity contribution in [1.29, 1.82) is 0 Å². The minimum Gasteiger partial charge on any atom is -0.354 e. The fraction of sp³-hybridized carbons (Fsp3) is 0.714. The normalized spacial score (nSPS) is 22.0. The van der Waals surface area contributed by atoms with Gasteiger partial charge >= 0.3 is 6.03 Å². The van der Waals surface area contributed by atoms with Gasteiger partial charge in [-0.1, -0.05) is 85.7 Å². The number of sulfonamides is 1. The number of piperidine rings is 1. The highest BCUT2D eigenvalue weighted by molar-refractivity contribution is 7.88. The lowest BCUT2D eigenvalue weighted by atomic mass is 9.85. The summed E-state index contributed by atoms with van der Waals surface area (Å²) >= 11 is 0. The van der Waals surface area contributed by atoms with E-state index in [9.17, 15) is 36.4 Å². The molecular formula is C35H56F2N6O6S. The molecule has 0 spiro atoms. The fourth-order valence-electron chi connectivity index (χ4n) is 6.65. The molecule has 1 heterocycles. The molecule has 2 fully saturated rings. The smallest absolute Gasteiger partial charge is 0.315 e. The summed E-state index contributed by atoms with van der Waals surface area (Å²) in [5.41, 5.74) is -0.724. The highest BCUT2D eigenvalue weighted by Crippen LogP contribution is 2.65. The second-order valence-corrected chi connectivity index (χ2v) is 18.6. The zero-order valence-corrected chi connectivity index (χ0v) is 31.8. The Hall–Kier alpha value is -3.33. The van der Waals surface area contributed by atoms with Crippen molar-refractivity contribution >= 4 is 33.8 Å². The quantitative estimate of drug-likeness (QED) is 0.231. The maximum Gasteiger partial charge on any atom is 0.315 e. The number of hydrogen-bond acceptors (Lipinski definition) is 6. The van der Waals surface area contributed by atoms with E-state index < -0.39 is 81.6 Å². The van der Waals surface area contributed by atoms with Gasteiger partial charge in [-0.2, -0.15) is 0 Å². The van der Waals surface area contributed by atoms with Crippen molar-refractivity contribution in [3.05, 3.63) is 35.9 Å². The molecule has 0 bridgehead atoms. The van der Waals surface area contributed by atoms with Gasteiger partial charge in [0.2, 0.25) is 34.2 Å². The number of rotatable bonds is 14. The lowest BCUT2D eigenvalue weighted by Gasteiger charge is -2.39. The van der Waals surface area contributed by atoms with Gasteiger partial charge in [-0.25, -0.2) is 26.3 Å². The predicted molar refractivity (Wildman–Crippen MR) is 188 cm³/mol. The van der Waals surface area contributed by atoms with Crippen LogP contribution in [0.5, 0.6) is 0 Å². The third-order valence-electron chi connectivity index (χ3n) is 10.1. The van der Waals surface area contributed by atoms with Gasteiger partial charge in [-0.3, -0.25) is 14.4 Å². The van der Waals surface area contributed by atoms with Crippen molar-refractivity contribution in [2.24, 2.45) is 28.1 Å². The van der Waals surface area contributed by atoms with Gasteiger partial charge in [0, 0.05) is 39.1 Å². The zero-order chi connectivity index (χ0) is 38.0. The van der Waals surface area contributed by atoms with Crippen LogP contribution in [0, 0.1) is 28.1 Å². The van der Waals surface area contributed by atoms with Crippen LogP contribution < -0.4 is 21.3 Å². The number of halogens is 2. The molecule has 6 atom stereocenters. The molecule has 1 saturated heterocycles. The third kappa shape index (κ3) is 10.4. The summed E-state index contributed by atoms with van der Waals surface area (Å²) in [7, 11) is -2.11. The third-order valence-corrected chi connectivity index (χ3v) is 11.4. The number of carbonyl (C=O) groups excluding carboxylic acids is 4. The average molecular weight is 727 g/mol. The number of benzene rings is 1. The Labute approximate surface area is 295 Å². The average Bonchev–Trinajstić information content (AvgIpc) is 3.29. The van der Waals surface area contributed by atoms with Crippen molar-refractivity contribution in [1.82, 2.24) is 30.5 Å². The molecule has 4 N–H and O–H groups in total. The minimum atomic E-state index is -3.53.